The molecule has 1 heterocycles. The molecule has 4 nitrogen and oxygen atoms in total. The van der Waals surface area contributed by atoms with E-state index < -0.39 is 9.04 Å². The van der Waals surface area contributed by atoms with Crippen molar-refractivity contribution in [1.82, 2.24) is 4.90 Å². The third-order valence-electron chi connectivity index (χ3n) is 2.62. The molecule has 1 rings (SSSR count). The molecule has 0 saturated carbocycles. The van der Waals surface area contributed by atoms with Crippen LogP contribution in [0.5, 0.6) is 0 Å². The molecule has 13 heavy (non-hydrogen) atoms. The molecular formula is C8H17NO3Si. The molecule has 1 N–H and O–H groups in total. The zero-order chi connectivity index (χ0) is 9.84. The first kappa shape index (κ1) is 10.7. The summed E-state index contributed by atoms with van der Waals surface area (Å²) in [6.07, 6.45) is 1.63. The first-order valence-corrected chi connectivity index (χ1v) is 6.98. The quantitative estimate of drug-likeness (QED) is 0.511. The summed E-state index contributed by atoms with van der Waals surface area (Å²) in [7, 11) is -1.43. The van der Waals surface area contributed by atoms with Crippen LogP contribution in [0.2, 0.25) is 6.55 Å². The Bertz CT molecular complexity index is 188. The number of carbonyl (C=O) groups excluding carboxylic acids is 1. The van der Waals surface area contributed by atoms with Gasteiger partial charge in [0.05, 0.1) is 0 Å². The molecule has 0 aromatic heterocycles. The van der Waals surface area contributed by atoms with Crippen LogP contribution in [0.3, 0.4) is 0 Å². The lowest BCUT2D eigenvalue weighted by atomic mass is 10.4. The lowest BCUT2D eigenvalue weighted by Gasteiger charge is -2.27. The van der Waals surface area contributed by atoms with E-state index in [0.717, 1.165) is 13.0 Å². The monoisotopic (exact) mass is 203 g/mol. The Labute approximate surface area is 80.2 Å². The second-order valence-corrected chi connectivity index (χ2v) is 6.14. The number of rotatable bonds is 4. The summed E-state index contributed by atoms with van der Waals surface area (Å²) in [5, 5.41) is 8.60. The number of hydrogen-bond donors (Lipinski definition) is 1. The molecule has 2 atom stereocenters. The molecule has 1 aliphatic heterocycles. The zero-order valence-electron chi connectivity index (χ0n) is 8.19. The first-order valence-electron chi connectivity index (χ1n) is 4.68. The van der Waals surface area contributed by atoms with Gasteiger partial charge in [0.2, 0.25) is 5.91 Å². The molecule has 0 radical (unpaired) electrons. The van der Waals surface area contributed by atoms with Crippen molar-refractivity contribution in [3.8, 4) is 0 Å². The molecule has 1 fully saturated rings. The fourth-order valence-electron chi connectivity index (χ4n) is 1.61. The number of amides is 1. The number of nitrogens with zero attached hydrogens (tertiary/aromatic N) is 1. The maximum absolute atomic E-state index is 11.4. The molecule has 2 unspecified atom stereocenters. The van der Waals surface area contributed by atoms with Gasteiger partial charge in [-0.15, -0.1) is 0 Å². The molecule has 5 heteroatoms. The summed E-state index contributed by atoms with van der Waals surface area (Å²) < 4.78 is 5.16. The second kappa shape index (κ2) is 4.73. The highest BCUT2D eigenvalue weighted by molar-refractivity contribution is 6.52. The minimum atomic E-state index is -1.43. The van der Waals surface area contributed by atoms with Crippen LogP contribution in [0.1, 0.15) is 19.8 Å². The molecule has 0 aromatic rings. The molecule has 76 valence electrons. The number of aliphatic hydroxyl groups excluding tert-OH is 1. The largest absolute Gasteiger partial charge is 0.396 e. The van der Waals surface area contributed by atoms with Crippen molar-refractivity contribution in [3.05, 3.63) is 0 Å². The molecule has 1 amide bonds. The average Bonchev–Trinajstić information content (AvgIpc) is 2.50. The fourth-order valence-corrected chi connectivity index (χ4v) is 2.95. The number of hydrogen-bond acceptors (Lipinski definition) is 3. The van der Waals surface area contributed by atoms with E-state index in [4.69, 9.17) is 9.53 Å². The normalized spacial score (nSPS) is 22.1. The van der Waals surface area contributed by atoms with E-state index in [1.807, 2.05) is 18.4 Å². The minimum Gasteiger partial charge on any atom is -0.396 e. The van der Waals surface area contributed by atoms with Crippen molar-refractivity contribution in [1.29, 1.82) is 0 Å². The minimum absolute atomic E-state index is 0.196. The lowest BCUT2D eigenvalue weighted by Crippen LogP contribution is -2.45. The summed E-state index contributed by atoms with van der Waals surface area (Å²) in [4.78, 5) is 13.2. The van der Waals surface area contributed by atoms with E-state index in [0.29, 0.717) is 6.42 Å². The summed E-state index contributed by atoms with van der Waals surface area (Å²) in [5.74, 6) is 0.230. The lowest BCUT2D eigenvalue weighted by molar-refractivity contribution is -0.128. The highest BCUT2D eigenvalue weighted by atomic mass is 28.3. The highest BCUT2D eigenvalue weighted by Gasteiger charge is 2.29. The molecule has 0 spiro atoms. The van der Waals surface area contributed by atoms with Crippen molar-refractivity contribution >= 4 is 14.9 Å². The van der Waals surface area contributed by atoms with Crippen LogP contribution >= 0.6 is 0 Å². The van der Waals surface area contributed by atoms with Gasteiger partial charge in [0.25, 0.3) is 0 Å². The Balaban J connectivity index is 2.45. The Morgan fingerprint density at radius 1 is 1.77 bits per heavy atom. The van der Waals surface area contributed by atoms with E-state index in [2.05, 4.69) is 0 Å². The maximum Gasteiger partial charge on any atom is 0.222 e. The van der Waals surface area contributed by atoms with Crippen LogP contribution < -0.4 is 0 Å². The van der Waals surface area contributed by atoms with Crippen LogP contribution in [0.4, 0.5) is 0 Å². The summed E-state index contributed by atoms with van der Waals surface area (Å²) in [5.41, 5.74) is 0.196. The van der Waals surface area contributed by atoms with Crippen molar-refractivity contribution in [2.75, 3.05) is 13.3 Å². The third kappa shape index (κ3) is 2.52. The van der Waals surface area contributed by atoms with Gasteiger partial charge in [-0.3, -0.25) is 4.79 Å². The second-order valence-electron chi connectivity index (χ2n) is 3.43. The Hall–Kier alpha value is -0.393. The third-order valence-corrected chi connectivity index (χ3v) is 5.01. The molecule has 0 aliphatic carbocycles. The van der Waals surface area contributed by atoms with Gasteiger partial charge in [-0.25, -0.2) is 0 Å². The number of likely N-dealkylation sites (tertiary alicyclic amines) is 1. The van der Waals surface area contributed by atoms with Crippen molar-refractivity contribution in [3.63, 3.8) is 0 Å². The predicted molar refractivity (Wildman–Crippen MR) is 51.6 cm³/mol. The Morgan fingerprint density at radius 2 is 2.46 bits per heavy atom. The van der Waals surface area contributed by atoms with Crippen LogP contribution in [0, 0.1) is 0 Å². The van der Waals surface area contributed by atoms with E-state index in [1.165, 1.54) is 0 Å². The van der Waals surface area contributed by atoms with Crippen molar-refractivity contribution in [2.24, 2.45) is 0 Å². The van der Waals surface area contributed by atoms with Crippen LogP contribution in [-0.2, 0) is 9.22 Å². The van der Waals surface area contributed by atoms with E-state index >= 15 is 0 Å². The van der Waals surface area contributed by atoms with Gasteiger partial charge in [-0.05, 0) is 19.9 Å². The highest BCUT2D eigenvalue weighted by Crippen LogP contribution is 2.15. The van der Waals surface area contributed by atoms with E-state index in [9.17, 15) is 4.79 Å². The SMILES string of the molecule is CC(N1CCCC1=O)[SiH](C)OCO. The number of carbonyl (C=O) groups is 1. The zero-order valence-corrected chi connectivity index (χ0v) is 9.35. The fraction of sp³-hybridized carbons (Fsp3) is 0.875. The Morgan fingerprint density at radius 3 is 2.92 bits per heavy atom. The summed E-state index contributed by atoms with van der Waals surface area (Å²) >= 11 is 0. The van der Waals surface area contributed by atoms with Crippen LogP contribution in [-0.4, -0.2) is 44.0 Å². The van der Waals surface area contributed by atoms with Gasteiger partial charge in [-0.2, -0.15) is 0 Å². The van der Waals surface area contributed by atoms with Gasteiger partial charge >= 0.3 is 0 Å². The smallest absolute Gasteiger partial charge is 0.222 e. The van der Waals surface area contributed by atoms with Gasteiger partial charge in [0, 0.05) is 18.6 Å². The van der Waals surface area contributed by atoms with Crippen molar-refractivity contribution in [2.45, 2.75) is 32.0 Å². The van der Waals surface area contributed by atoms with Gasteiger partial charge in [0.15, 0.2) is 9.04 Å². The van der Waals surface area contributed by atoms with Crippen molar-refractivity contribution < 1.29 is 14.3 Å². The summed E-state index contributed by atoms with van der Waals surface area (Å²) in [6.45, 7) is 4.65. The van der Waals surface area contributed by atoms with E-state index in [1.54, 1.807) is 0 Å². The molecular weight excluding hydrogens is 186 g/mol. The van der Waals surface area contributed by atoms with E-state index in [-0.39, 0.29) is 18.4 Å². The van der Waals surface area contributed by atoms with Gasteiger partial charge in [0.1, 0.15) is 6.79 Å². The first-order chi connectivity index (χ1) is 6.16. The molecule has 0 aromatic carbocycles. The molecule has 0 bridgehead atoms. The Kier molecular flexibility index (Phi) is 3.89. The predicted octanol–water partition coefficient (Wildman–Crippen LogP) is -0.144. The maximum atomic E-state index is 11.4. The van der Waals surface area contributed by atoms with Gasteiger partial charge in [-0.1, -0.05) is 0 Å². The standard InChI is InChI=1S/C8H17NO3Si/c1-7(13(2)12-6-10)9-5-3-4-8(9)11/h7,10,13H,3-6H2,1-2H3. The number of aliphatic hydroxyl groups is 1. The molecule has 1 aliphatic rings. The summed E-state index contributed by atoms with van der Waals surface area (Å²) in [6, 6.07) is 0. The van der Waals surface area contributed by atoms with Gasteiger partial charge < -0.3 is 14.4 Å². The van der Waals surface area contributed by atoms with Crippen LogP contribution in [0.25, 0.3) is 0 Å². The van der Waals surface area contributed by atoms with Crippen LogP contribution in [0.15, 0.2) is 0 Å². The average molecular weight is 203 g/mol. The molecule has 1 saturated heterocycles. The topological polar surface area (TPSA) is 49.8 Å².